The fourth-order valence-electron chi connectivity index (χ4n) is 5.24. The molecule has 236 valence electrons. The Hall–Kier alpha value is -3.60. The summed E-state index contributed by atoms with van der Waals surface area (Å²) < 4.78 is 17.1. The van der Waals surface area contributed by atoms with Crippen LogP contribution in [0, 0.1) is 5.92 Å². The topological polar surface area (TPSA) is 138 Å². The van der Waals surface area contributed by atoms with E-state index < -0.39 is 36.3 Å². The number of carbonyl (C=O) groups is 2. The van der Waals surface area contributed by atoms with Gasteiger partial charge in [0, 0.05) is 56.9 Å². The molecular formula is C33H46N2O8. The zero-order valence-corrected chi connectivity index (χ0v) is 26.2. The van der Waals surface area contributed by atoms with Crippen molar-refractivity contribution in [3.63, 3.8) is 0 Å². The second kappa shape index (κ2) is 15.2. The average molecular weight is 599 g/mol. The molecule has 3 rings (SSSR count). The van der Waals surface area contributed by atoms with E-state index in [0.717, 1.165) is 25.1 Å². The molecule has 5 atom stereocenters. The van der Waals surface area contributed by atoms with Crippen LogP contribution in [-0.2, 0) is 23.8 Å². The van der Waals surface area contributed by atoms with Gasteiger partial charge in [0.2, 0.25) is 0 Å². The molecule has 0 unspecified atom stereocenters. The largest absolute Gasteiger partial charge is 0.506 e. The van der Waals surface area contributed by atoms with Gasteiger partial charge in [-0.1, -0.05) is 43.7 Å². The molecular weight excluding hydrogens is 552 g/mol. The molecule has 0 radical (unpaired) electrons. The van der Waals surface area contributed by atoms with Gasteiger partial charge in [-0.15, -0.1) is 0 Å². The number of rotatable bonds is 5. The summed E-state index contributed by atoms with van der Waals surface area (Å²) in [6.07, 6.45) is 7.01. The Balaban J connectivity index is 2.16. The highest BCUT2D eigenvalue weighted by atomic mass is 16.6. The van der Waals surface area contributed by atoms with Crippen molar-refractivity contribution < 1.29 is 39.1 Å². The second-order valence-corrected chi connectivity index (χ2v) is 11.3. The Bertz CT molecular complexity index is 1290. The minimum Gasteiger partial charge on any atom is -0.506 e. The quantitative estimate of drug-likeness (QED) is 0.162. The fourth-order valence-corrected chi connectivity index (χ4v) is 5.24. The van der Waals surface area contributed by atoms with Crippen molar-refractivity contribution in [1.29, 1.82) is 0 Å². The highest BCUT2D eigenvalue weighted by molar-refractivity contribution is 6.05. The van der Waals surface area contributed by atoms with E-state index >= 15 is 0 Å². The Morgan fingerprint density at radius 3 is 2.42 bits per heavy atom. The molecule has 1 saturated heterocycles. The predicted molar refractivity (Wildman–Crippen MR) is 167 cm³/mol. The second-order valence-electron chi connectivity index (χ2n) is 11.3. The number of esters is 1. The number of phenols is 2. The molecule has 2 aliphatic rings. The third-order valence-electron chi connectivity index (χ3n) is 7.94. The highest BCUT2D eigenvalue weighted by Crippen LogP contribution is 2.45. The number of phenolic OH excluding ortho intramolecular Hbond substituents is 2. The molecule has 1 amide bonds. The van der Waals surface area contributed by atoms with Gasteiger partial charge in [-0.05, 0) is 45.3 Å². The summed E-state index contributed by atoms with van der Waals surface area (Å²) >= 11 is 0. The first-order valence-electron chi connectivity index (χ1n) is 14.7. The molecule has 2 bridgehead atoms. The minimum atomic E-state index is -0.919. The lowest BCUT2D eigenvalue weighted by atomic mass is 9.91. The zero-order chi connectivity index (χ0) is 31.8. The molecule has 4 N–H and O–H groups in total. The number of aliphatic hydroxyl groups excluding tert-OH is 1. The number of amides is 1. The molecule has 0 saturated carbocycles. The zero-order valence-electron chi connectivity index (χ0n) is 26.2. The van der Waals surface area contributed by atoms with Gasteiger partial charge in [-0.3, -0.25) is 9.59 Å². The number of anilines is 2. The predicted octanol–water partition coefficient (Wildman–Crippen LogP) is 4.85. The Morgan fingerprint density at radius 1 is 1.14 bits per heavy atom. The van der Waals surface area contributed by atoms with E-state index in [1.54, 1.807) is 38.2 Å². The lowest BCUT2D eigenvalue weighted by molar-refractivity contribution is -0.151. The molecule has 0 spiro atoms. The highest BCUT2D eigenvalue weighted by Gasteiger charge is 2.30. The Labute approximate surface area is 254 Å². The minimum absolute atomic E-state index is 0.0626. The molecule has 0 aliphatic carbocycles. The van der Waals surface area contributed by atoms with Crippen LogP contribution in [0.25, 0.3) is 6.08 Å². The number of carbonyl (C=O) groups excluding carboxylic acids is 2. The van der Waals surface area contributed by atoms with Gasteiger partial charge in [-0.25, -0.2) is 0 Å². The van der Waals surface area contributed by atoms with Crippen molar-refractivity contribution >= 4 is 29.3 Å². The van der Waals surface area contributed by atoms with Crippen molar-refractivity contribution in [3.8, 4) is 11.5 Å². The maximum Gasteiger partial charge on any atom is 0.306 e. The number of methoxy groups -OCH3 is 2. The normalized spacial score (nSPS) is 25.7. The van der Waals surface area contributed by atoms with Gasteiger partial charge >= 0.3 is 5.97 Å². The van der Waals surface area contributed by atoms with Gasteiger partial charge in [0.1, 0.15) is 17.6 Å². The van der Waals surface area contributed by atoms with Crippen LogP contribution in [0.2, 0.25) is 0 Å². The van der Waals surface area contributed by atoms with Crippen LogP contribution >= 0.6 is 0 Å². The molecule has 43 heavy (non-hydrogen) atoms. The van der Waals surface area contributed by atoms with Gasteiger partial charge in [0.25, 0.3) is 5.91 Å². The standard InChI is InChI=1S/C33H46N2O8/c1-8-28(37)43-32-22(5)17-21(4)30(38)27(42-7)16-19(2)15-23-29(35-13-10-14-35)25(36)18-24(31(23)39)34-33(40)20(3)11-9-12-26(32)41-6/h9,11-12,15,17-18,21,26-27,30,32,36,38-39H,8,10,13-14,16H2,1-7H3,(H,34,40)/t21-,26-,27-,30+,32-/m0/s1. The number of aliphatic hydroxyl groups is 1. The van der Waals surface area contributed by atoms with Gasteiger partial charge in [0.05, 0.1) is 23.6 Å². The molecule has 1 aromatic carbocycles. The van der Waals surface area contributed by atoms with Gasteiger partial charge in [-0.2, -0.15) is 0 Å². The Kier molecular flexibility index (Phi) is 12.0. The van der Waals surface area contributed by atoms with Crippen LogP contribution in [0.1, 0.15) is 59.4 Å². The van der Waals surface area contributed by atoms with E-state index in [0.29, 0.717) is 28.8 Å². The first kappa shape index (κ1) is 33.9. The third kappa shape index (κ3) is 8.28. The van der Waals surface area contributed by atoms with Crippen LogP contribution in [0.4, 0.5) is 11.4 Å². The number of aromatic hydroxyl groups is 2. The number of nitrogens with zero attached hydrogens (tertiary/aromatic N) is 1. The number of benzene rings is 1. The first-order valence-corrected chi connectivity index (χ1v) is 14.7. The molecule has 1 aromatic rings. The lowest BCUT2D eigenvalue weighted by Crippen LogP contribution is -2.37. The van der Waals surface area contributed by atoms with E-state index in [-0.39, 0.29) is 29.5 Å². The molecule has 10 heteroatoms. The molecule has 1 fully saturated rings. The maximum atomic E-state index is 13.1. The van der Waals surface area contributed by atoms with E-state index in [1.807, 2.05) is 31.7 Å². The summed E-state index contributed by atoms with van der Waals surface area (Å²) in [5.74, 6) is -1.49. The summed E-state index contributed by atoms with van der Waals surface area (Å²) in [6.45, 7) is 10.3. The summed E-state index contributed by atoms with van der Waals surface area (Å²) in [5.41, 5.74) is 2.74. The summed E-state index contributed by atoms with van der Waals surface area (Å²) in [6, 6.07) is 1.35. The number of nitrogens with one attached hydrogen (secondary N) is 1. The van der Waals surface area contributed by atoms with Gasteiger partial charge in [0.15, 0.2) is 6.10 Å². The molecule has 10 nitrogen and oxygen atoms in total. The first-order chi connectivity index (χ1) is 20.4. The van der Waals surface area contributed by atoms with Crippen molar-refractivity contribution in [1.82, 2.24) is 0 Å². The number of fused-ring (bicyclic) bond motifs is 2. The number of hydrogen-bond acceptors (Lipinski definition) is 9. The van der Waals surface area contributed by atoms with E-state index in [9.17, 15) is 24.9 Å². The van der Waals surface area contributed by atoms with E-state index in [1.165, 1.54) is 20.3 Å². The smallest absolute Gasteiger partial charge is 0.306 e. The van der Waals surface area contributed by atoms with Crippen LogP contribution < -0.4 is 10.2 Å². The lowest BCUT2D eigenvalue weighted by Gasteiger charge is -2.35. The summed E-state index contributed by atoms with van der Waals surface area (Å²) in [4.78, 5) is 27.4. The van der Waals surface area contributed by atoms with Crippen LogP contribution in [0.3, 0.4) is 0 Å². The van der Waals surface area contributed by atoms with E-state index in [2.05, 4.69) is 5.32 Å². The number of hydrogen-bond donors (Lipinski definition) is 4. The van der Waals surface area contributed by atoms with Crippen molar-refractivity contribution in [2.24, 2.45) is 5.92 Å². The third-order valence-corrected chi connectivity index (χ3v) is 7.94. The van der Waals surface area contributed by atoms with Crippen LogP contribution in [0.5, 0.6) is 11.5 Å². The fraction of sp³-hybridized carbons (Fsp3) is 0.515. The van der Waals surface area contributed by atoms with E-state index in [4.69, 9.17) is 14.2 Å². The molecule has 0 aromatic heterocycles. The van der Waals surface area contributed by atoms with Gasteiger partial charge < -0.3 is 39.7 Å². The SMILES string of the molecule is CCC(=O)O[C@H]1C(C)=C[C@H](C)[C@@H](O)[C@@H](OC)CC(C)=Cc2c(O)c(cc(O)c2N2CCC2)NC(=O)C(C)=CC=C[C@@H]1OC. The van der Waals surface area contributed by atoms with Crippen molar-refractivity contribution in [2.45, 2.75) is 78.3 Å². The summed E-state index contributed by atoms with van der Waals surface area (Å²) in [5, 5.41) is 36.4. The molecule has 2 aliphatic heterocycles. The average Bonchev–Trinajstić information content (AvgIpc) is 2.95. The maximum absolute atomic E-state index is 13.1. The van der Waals surface area contributed by atoms with Crippen LogP contribution in [0.15, 0.2) is 47.1 Å². The van der Waals surface area contributed by atoms with Crippen molar-refractivity contribution in [3.05, 3.63) is 52.7 Å². The summed E-state index contributed by atoms with van der Waals surface area (Å²) in [7, 11) is 3.02. The van der Waals surface area contributed by atoms with Crippen molar-refractivity contribution in [2.75, 3.05) is 37.5 Å². The number of allylic oxidation sites excluding steroid dienone is 2. The monoisotopic (exact) mass is 598 g/mol. The number of ether oxygens (including phenoxy) is 3. The van der Waals surface area contributed by atoms with Crippen LogP contribution in [-0.4, -0.2) is 78.9 Å². The Morgan fingerprint density at radius 2 is 1.84 bits per heavy atom. The molecule has 2 heterocycles.